The van der Waals surface area contributed by atoms with Crippen molar-refractivity contribution in [2.75, 3.05) is 0 Å². The molecule has 0 N–H and O–H groups in total. The van der Waals surface area contributed by atoms with Crippen LogP contribution < -0.4 is 17.0 Å². The summed E-state index contributed by atoms with van der Waals surface area (Å²) in [6.07, 6.45) is 5.52. The normalized spacial score (nSPS) is 9.50. The van der Waals surface area contributed by atoms with Crippen LogP contribution in [-0.2, 0) is 6.54 Å². The van der Waals surface area contributed by atoms with E-state index in [0.717, 1.165) is 17.3 Å². The average Bonchev–Trinajstić information content (AvgIpc) is 2.62. The number of nitrogens with zero attached hydrogens (tertiary/aromatic N) is 1. The zero-order valence-electron chi connectivity index (χ0n) is 7.36. The lowest BCUT2D eigenvalue weighted by Crippen LogP contribution is -3.00. The molecule has 0 radical (unpaired) electrons. The number of halogens is 2. The van der Waals surface area contributed by atoms with Gasteiger partial charge in [-0.1, -0.05) is 11.6 Å². The van der Waals surface area contributed by atoms with E-state index >= 15 is 0 Å². The smallest absolute Gasteiger partial charge is 0.205 e. The van der Waals surface area contributed by atoms with Gasteiger partial charge in [-0.15, -0.1) is 0 Å². The number of hydrogen-bond acceptors (Lipinski definition) is 1. The molecule has 0 aromatic carbocycles. The van der Waals surface area contributed by atoms with Crippen molar-refractivity contribution in [2.45, 2.75) is 6.54 Å². The minimum atomic E-state index is 0. The van der Waals surface area contributed by atoms with E-state index in [2.05, 4.69) is 0 Å². The van der Waals surface area contributed by atoms with Gasteiger partial charge in [-0.05, 0) is 12.1 Å². The monoisotopic (exact) mass is 229 g/mol. The van der Waals surface area contributed by atoms with Gasteiger partial charge in [-0.3, -0.25) is 0 Å². The molecule has 0 aliphatic heterocycles. The average molecular weight is 230 g/mol. The van der Waals surface area contributed by atoms with Crippen LogP contribution in [0.5, 0.6) is 0 Å². The summed E-state index contributed by atoms with van der Waals surface area (Å²) >= 11 is 5.76. The summed E-state index contributed by atoms with van der Waals surface area (Å²) in [7, 11) is 0. The van der Waals surface area contributed by atoms with E-state index in [1.807, 2.05) is 41.2 Å². The van der Waals surface area contributed by atoms with Gasteiger partial charge in [-0.25, -0.2) is 0 Å². The van der Waals surface area contributed by atoms with Crippen LogP contribution in [0.25, 0.3) is 0 Å². The Bertz CT molecular complexity index is 370. The third-order valence-corrected chi connectivity index (χ3v) is 2.02. The molecule has 0 unspecified atom stereocenters. The van der Waals surface area contributed by atoms with E-state index in [1.165, 1.54) is 0 Å². The number of rotatable bonds is 2. The number of aromatic nitrogens is 1. The summed E-state index contributed by atoms with van der Waals surface area (Å²) < 4.78 is 7.22. The maximum atomic E-state index is 5.76. The van der Waals surface area contributed by atoms with Gasteiger partial charge < -0.3 is 16.8 Å². The maximum Gasteiger partial charge on any atom is 0.205 e. The summed E-state index contributed by atoms with van der Waals surface area (Å²) in [6.45, 7) is 0.740. The summed E-state index contributed by atoms with van der Waals surface area (Å²) in [6, 6.07) is 7.53. The second-order valence-electron chi connectivity index (χ2n) is 2.77. The molecule has 2 rings (SSSR count). The quantitative estimate of drug-likeness (QED) is 0.622. The minimum absolute atomic E-state index is 0. The van der Waals surface area contributed by atoms with Crippen LogP contribution in [0.1, 0.15) is 5.76 Å². The third kappa shape index (κ3) is 2.76. The van der Waals surface area contributed by atoms with Gasteiger partial charge in [0.15, 0.2) is 18.2 Å². The van der Waals surface area contributed by atoms with Crippen molar-refractivity contribution in [3.63, 3.8) is 0 Å². The summed E-state index contributed by atoms with van der Waals surface area (Å²) in [5.74, 6) is 0.937. The molecule has 14 heavy (non-hydrogen) atoms. The van der Waals surface area contributed by atoms with Gasteiger partial charge in [0.05, 0.1) is 11.3 Å². The van der Waals surface area contributed by atoms with Crippen LogP contribution >= 0.6 is 11.6 Å². The first-order valence-electron chi connectivity index (χ1n) is 4.01. The first-order chi connectivity index (χ1) is 6.34. The van der Waals surface area contributed by atoms with Crippen LogP contribution in [0.2, 0.25) is 5.02 Å². The highest BCUT2D eigenvalue weighted by Crippen LogP contribution is 2.03. The van der Waals surface area contributed by atoms with Crippen molar-refractivity contribution in [1.82, 2.24) is 0 Å². The zero-order valence-corrected chi connectivity index (χ0v) is 8.87. The van der Waals surface area contributed by atoms with Crippen molar-refractivity contribution >= 4 is 11.6 Å². The van der Waals surface area contributed by atoms with Crippen LogP contribution in [0.15, 0.2) is 47.3 Å². The van der Waals surface area contributed by atoms with Gasteiger partial charge >= 0.3 is 0 Å². The predicted octanol–water partition coefficient (Wildman–Crippen LogP) is -0.727. The molecule has 74 valence electrons. The molecule has 0 amide bonds. The summed E-state index contributed by atoms with van der Waals surface area (Å²) in [5, 5.41) is 0.746. The molecule has 0 saturated carbocycles. The summed E-state index contributed by atoms with van der Waals surface area (Å²) in [5.41, 5.74) is 0. The van der Waals surface area contributed by atoms with Crippen molar-refractivity contribution in [1.29, 1.82) is 0 Å². The molecule has 0 bridgehead atoms. The van der Waals surface area contributed by atoms with Gasteiger partial charge in [-0.2, -0.15) is 4.57 Å². The van der Waals surface area contributed by atoms with Gasteiger partial charge in [0.2, 0.25) is 6.54 Å². The van der Waals surface area contributed by atoms with Crippen molar-refractivity contribution in [3.05, 3.63) is 53.7 Å². The highest BCUT2D eigenvalue weighted by atomic mass is 35.5. The molecule has 2 aromatic heterocycles. The molecule has 4 heteroatoms. The van der Waals surface area contributed by atoms with E-state index in [4.69, 9.17) is 16.0 Å². The fraction of sp³-hybridized carbons (Fsp3) is 0.100. The van der Waals surface area contributed by atoms with Gasteiger partial charge in [0.25, 0.3) is 0 Å². The Kier molecular flexibility index (Phi) is 3.98. The van der Waals surface area contributed by atoms with Gasteiger partial charge in [0, 0.05) is 12.1 Å². The van der Waals surface area contributed by atoms with E-state index in [-0.39, 0.29) is 12.4 Å². The number of hydrogen-bond donors (Lipinski definition) is 0. The molecule has 0 saturated heterocycles. The standard InChI is InChI=1S/C10H9ClNO.ClH/c11-9-3-5-12(6-4-9)8-10-2-1-7-13-10;/h1-7H,8H2;1H/q+1;/p-1. The molecule has 2 nitrogen and oxygen atoms in total. The Labute approximate surface area is 93.5 Å². The largest absolute Gasteiger partial charge is 1.00 e. The molecular weight excluding hydrogens is 221 g/mol. The van der Waals surface area contributed by atoms with Crippen LogP contribution in [0.3, 0.4) is 0 Å². The Morgan fingerprint density at radius 2 is 1.93 bits per heavy atom. The van der Waals surface area contributed by atoms with Crippen molar-refractivity contribution in [3.8, 4) is 0 Å². The SMILES string of the molecule is Clc1cc[n+](Cc2ccco2)cc1.[Cl-]. The van der Waals surface area contributed by atoms with E-state index < -0.39 is 0 Å². The topological polar surface area (TPSA) is 17.0 Å². The lowest BCUT2D eigenvalue weighted by Gasteiger charge is -1.92. The molecule has 0 fully saturated rings. The molecule has 0 atom stereocenters. The number of furan rings is 1. The Morgan fingerprint density at radius 1 is 1.21 bits per heavy atom. The second kappa shape index (κ2) is 5.03. The van der Waals surface area contributed by atoms with E-state index in [9.17, 15) is 0 Å². The first-order valence-corrected chi connectivity index (χ1v) is 4.39. The number of pyridine rings is 1. The molecular formula is C10H9Cl2NO. The van der Waals surface area contributed by atoms with Crippen molar-refractivity contribution in [2.24, 2.45) is 0 Å². The Balaban J connectivity index is 0.000000980. The Hall–Kier alpha value is -0.990. The minimum Gasteiger partial charge on any atom is -1.00 e. The van der Waals surface area contributed by atoms with Crippen molar-refractivity contribution < 1.29 is 21.4 Å². The molecule has 0 spiro atoms. The van der Waals surface area contributed by atoms with Gasteiger partial charge in [0.1, 0.15) is 0 Å². The van der Waals surface area contributed by atoms with E-state index in [1.54, 1.807) is 6.26 Å². The molecule has 0 aliphatic rings. The predicted molar refractivity (Wildman–Crippen MR) is 49.5 cm³/mol. The second-order valence-corrected chi connectivity index (χ2v) is 3.20. The molecule has 0 aliphatic carbocycles. The highest BCUT2D eigenvalue weighted by molar-refractivity contribution is 6.30. The first kappa shape index (κ1) is 11.1. The lowest BCUT2D eigenvalue weighted by atomic mass is 10.4. The molecule has 2 aromatic rings. The van der Waals surface area contributed by atoms with Crippen LogP contribution in [-0.4, -0.2) is 0 Å². The highest BCUT2D eigenvalue weighted by Gasteiger charge is 2.03. The maximum absolute atomic E-state index is 5.76. The Morgan fingerprint density at radius 3 is 2.50 bits per heavy atom. The zero-order chi connectivity index (χ0) is 9.10. The van der Waals surface area contributed by atoms with Crippen LogP contribution in [0.4, 0.5) is 0 Å². The van der Waals surface area contributed by atoms with Crippen LogP contribution in [0, 0.1) is 0 Å². The molecule has 2 heterocycles. The fourth-order valence-electron chi connectivity index (χ4n) is 1.13. The fourth-order valence-corrected chi connectivity index (χ4v) is 1.24. The van der Waals surface area contributed by atoms with E-state index in [0.29, 0.717) is 0 Å². The summed E-state index contributed by atoms with van der Waals surface area (Å²) in [4.78, 5) is 0. The third-order valence-electron chi connectivity index (χ3n) is 1.77. The lowest BCUT2D eigenvalue weighted by molar-refractivity contribution is -0.690.